The number of carbonyl (C=O) groups excluding carboxylic acids is 1. The molecule has 2 aromatic heterocycles. The van der Waals surface area contributed by atoms with Gasteiger partial charge in [0, 0.05) is 36.4 Å². The van der Waals surface area contributed by atoms with E-state index in [1.54, 1.807) is 49.1 Å². The molecule has 5 nitrogen and oxygen atoms in total. The average Bonchev–Trinajstić information content (AvgIpc) is 2.48. The highest BCUT2D eigenvalue weighted by Crippen LogP contribution is 1.97. The average molecular weight is 256 g/mol. The largest absolute Gasteiger partial charge is 0.478 e. The molecule has 0 aliphatic heterocycles. The molecule has 2 aromatic rings. The first-order chi connectivity index (χ1) is 9.22. The summed E-state index contributed by atoms with van der Waals surface area (Å²) in [5.41, 5.74) is 1.50. The van der Waals surface area contributed by atoms with Crippen molar-refractivity contribution in [1.82, 2.24) is 9.97 Å². The Morgan fingerprint density at radius 3 is 1.79 bits per heavy atom. The summed E-state index contributed by atoms with van der Waals surface area (Å²) in [4.78, 5) is 27.6. The lowest BCUT2D eigenvalue weighted by Gasteiger charge is -1.87. The van der Waals surface area contributed by atoms with Gasteiger partial charge in [-0.15, -0.1) is 0 Å². The maximum atomic E-state index is 10.1. The second-order valence-electron chi connectivity index (χ2n) is 3.35. The van der Waals surface area contributed by atoms with Gasteiger partial charge in [-0.1, -0.05) is 0 Å². The molecule has 0 aromatic carbocycles. The molecule has 0 unspecified atom stereocenters. The van der Waals surface area contributed by atoms with Crippen LogP contribution in [-0.4, -0.2) is 27.3 Å². The highest BCUT2D eigenvalue weighted by Gasteiger charge is 1.86. The van der Waals surface area contributed by atoms with Gasteiger partial charge in [-0.25, -0.2) is 4.79 Å². The molecule has 0 bridgehead atoms. The van der Waals surface area contributed by atoms with Crippen molar-refractivity contribution in [1.29, 1.82) is 0 Å². The van der Waals surface area contributed by atoms with Crippen molar-refractivity contribution in [2.24, 2.45) is 0 Å². The Morgan fingerprint density at radius 1 is 0.947 bits per heavy atom. The summed E-state index contributed by atoms with van der Waals surface area (Å²) >= 11 is 0. The highest BCUT2D eigenvalue weighted by molar-refractivity contribution is 5.85. The summed E-state index contributed by atoms with van der Waals surface area (Å²) in [6.45, 7) is 0. The lowest BCUT2D eigenvalue weighted by molar-refractivity contribution is -0.131. The molecule has 0 spiro atoms. The van der Waals surface area contributed by atoms with Crippen LogP contribution in [0.5, 0.6) is 0 Å². The summed E-state index contributed by atoms with van der Waals surface area (Å²) < 4.78 is 0. The van der Waals surface area contributed by atoms with Crippen molar-refractivity contribution in [3.63, 3.8) is 0 Å². The quantitative estimate of drug-likeness (QED) is 0.671. The minimum Gasteiger partial charge on any atom is -0.478 e. The lowest BCUT2D eigenvalue weighted by atomic mass is 10.2. The minimum atomic E-state index is -0.943. The van der Waals surface area contributed by atoms with Crippen LogP contribution in [0, 0.1) is 0 Å². The number of carboxylic acids is 1. The van der Waals surface area contributed by atoms with Crippen LogP contribution >= 0.6 is 0 Å². The van der Waals surface area contributed by atoms with Crippen molar-refractivity contribution >= 4 is 18.3 Å². The summed E-state index contributed by atoms with van der Waals surface area (Å²) in [6, 6.07) is 6.79. The van der Waals surface area contributed by atoms with E-state index in [1.807, 2.05) is 0 Å². The van der Waals surface area contributed by atoms with E-state index in [0.29, 0.717) is 5.56 Å². The Labute approximate surface area is 110 Å². The fourth-order valence-electron chi connectivity index (χ4n) is 1.08. The van der Waals surface area contributed by atoms with Gasteiger partial charge in [0.05, 0.1) is 0 Å². The van der Waals surface area contributed by atoms with E-state index in [4.69, 9.17) is 5.11 Å². The first-order valence-electron chi connectivity index (χ1n) is 5.38. The lowest BCUT2D eigenvalue weighted by Crippen LogP contribution is -1.85. The Balaban J connectivity index is 0.000000200. The molecule has 0 amide bonds. The van der Waals surface area contributed by atoms with Crippen LogP contribution in [0.3, 0.4) is 0 Å². The molecule has 0 aliphatic rings. The fraction of sp³-hybridized carbons (Fsp3) is 0. The first kappa shape index (κ1) is 14.2. The van der Waals surface area contributed by atoms with Crippen molar-refractivity contribution < 1.29 is 14.7 Å². The molecule has 0 aliphatic carbocycles. The third-order valence-electron chi connectivity index (χ3n) is 1.97. The zero-order chi connectivity index (χ0) is 13.9. The number of nitrogens with zero attached hydrogens (tertiary/aromatic N) is 2. The predicted octanol–water partition coefficient (Wildman–Crippen LogP) is 2.07. The summed E-state index contributed by atoms with van der Waals surface area (Å²) in [5, 5.41) is 8.27. The Morgan fingerprint density at radius 2 is 1.42 bits per heavy atom. The zero-order valence-corrected chi connectivity index (χ0v) is 10.0. The van der Waals surface area contributed by atoms with Crippen LogP contribution in [0.25, 0.3) is 6.08 Å². The molecule has 0 atom stereocenters. The summed E-state index contributed by atoms with van der Waals surface area (Å²) in [5.74, 6) is -0.943. The minimum absolute atomic E-state index is 0.667. The molecule has 2 rings (SSSR count). The van der Waals surface area contributed by atoms with Gasteiger partial charge in [-0.05, 0) is 35.9 Å². The topological polar surface area (TPSA) is 80.1 Å². The Kier molecular flexibility index (Phi) is 6.22. The van der Waals surface area contributed by atoms with Crippen LogP contribution < -0.4 is 0 Å². The van der Waals surface area contributed by atoms with E-state index >= 15 is 0 Å². The van der Waals surface area contributed by atoms with Crippen molar-refractivity contribution in [3.8, 4) is 0 Å². The predicted molar refractivity (Wildman–Crippen MR) is 70.5 cm³/mol. The number of carbonyl (C=O) groups is 2. The number of pyridine rings is 2. The van der Waals surface area contributed by atoms with E-state index < -0.39 is 5.97 Å². The summed E-state index contributed by atoms with van der Waals surface area (Å²) in [7, 11) is 0. The molecule has 2 heterocycles. The van der Waals surface area contributed by atoms with E-state index in [9.17, 15) is 9.59 Å². The zero-order valence-electron chi connectivity index (χ0n) is 10.0. The van der Waals surface area contributed by atoms with E-state index in [1.165, 1.54) is 6.08 Å². The number of aldehydes is 1. The van der Waals surface area contributed by atoms with E-state index in [0.717, 1.165) is 17.9 Å². The van der Waals surface area contributed by atoms with Gasteiger partial charge in [0.1, 0.15) is 6.29 Å². The van der Waals surface area contributed by atoms with Gasteiger partial charge in [-0.3, -0.25) is 14.8 Å². The number of rotatable bonds is 3. The van der Waals surface area contributed by atoms with Crippen molar-refractivity contribution in [3.05, 3.63) is 66.3 Å². The molecule has 0 fully saturated rings. The van der Waals surface area contributed by atoms with Crippen LogP contribution in [-0.2, 0) is 4.79 Å². The monoisotopic (exact) mass is 256 g/mol. The van der Waals surface area contributed by atoms with Gasteiger partial charge >= 0.3 is 5.97 Å². The number of carboxylic acid groups (broad SMARTS) is 1. The number of hydrogen-bond acceptors (Lipinski definition) is 4. The van der Waals surface area contributed by atoms with Crippen LogP contribution in [0.2, 0.25) is 0 Å². The van der Waals surface area contributed by atoms with Crippen LogP contribution in [0.15, 0.2) is 55.1 Å². The Hall–Kier alpha value is -2.82. The molecule has 96 valence electrons. The number of aliphatic carboxylic acids is 1. The van der Waals surface area contributed by atoms with Gasteiger partial charge in [0.15, 0.2) is 0 Å². The standard InChI is InChI=1S/C8H7NO2.C6H5NO/c10-8(11)2-1-7-3-5-9-6-4-7;8-5-6-1-3-7-4-2-6/h1-6H,(H,10,11);1-5H. The molecule has 19 heavy (non-hydrogen) atoms. The molecule has 1 N–H and O–H groups in total. The fourth-order valence-corrected chi connectivity index (χ4v) is 1.08. The third kappa shape index (κ3) is 6.48. The maximum absolute atomic E-state index is 10.1. The maximum Gasteiger partial charge on any atom is 0.328 e. The summed E-state index contributed by atoms with van der Waals surface area (Å²) in [6.07, 6.45) is 9.80. The van der Waals surface area contributed by atoms with Crippen molar-refractivity contribution in [2.75, 3.05) is 0 Å². The van der Waals surface area contributed by atoms with Crippen molar-refractivity contribution in [2.45, 2.75) is 0 Å². The van der Waals surface area contributed by atoms with Gasteiger partial charge < -0.3 is 5.11 Å². The van der Waals surface area contributed by atoms with Crippen LogP contribution in [0.1, 0.15) is 15.9 Å². The van der Waals surface area contributed by atoms with Gasteiger partial charge in [0.2, 0.25) is 0 Å². The molecule has 0 saturated heterocycles. The van der Waals surface area contributed by atoms with Gasteiger partial charge in [-0.2, -0.15) is 0 Å². The molecular weight excluding hydrogens is 244 g/mol. The van der Waals surface area contributed by atoms with Gasteiger partial charge in [0.25, 0.3) is 0 Å². The van der Waals surface area contributed by atoms with E-state index in [-0.39, 0.29) is 0 Å². The number of aromatic nitrogens is 2. The number of hydrogen-bond donors (Lipinski definition) is 1. The highest BCUT2D eigenvalue weighted by atomic mass is 16.4. The Bertz CT molecular complexity index is 539. The normalized spacial score (nSPS) is 9.47. The molecular formula is C14H12N2O3. The SMILES string of the molecule is O=C(O)C=Cc1ccncc1.O=Cc1ccncc1. The van der Waals surface area contributed by atoms with Crippen LogP contribution in [0.4, 0.5) is 0 Å². The smallest absolute Gasteiger partial charge is 0.328 e. The first-order valence-corrected chi connectivity index (χ1v) is 5.38. The molecule has 0 saturated carbocycles. The second-order valence-corrected chi connectivity index (χ2v) is 3.35. The molecule has 5 heteroatoms. The third-order valence-corrected chi connectivity index (χ3v) is 1.97. The second kappa shape index (κ2) is 8.30. The van der Waals surface area contributed by atoms with E-state index in [2.05, 4.69) is 9.97 Å². The molecule has 0 radical (unpaired) electrons.